The summed E-state index contributed by atoms with van der Waals surface area (Å²) in [5.41, 5.74) is 1.12. The molecule has 1 aromatic carbocycles. The van der Waals surface area contributed by atoms with E-state index < -0.39 is 5.79 Å². The second-order valence-corrected chi connectivity index (χ2v) is 7.42. The van der Waals surface area contributed by atoms with E-state index in [9.17, 15) is 4.79 Å². The number of unbranched alkanes of at least 4 members (excludes halogenated alkanes) is 6. The van der Waals surface area contributed by atoms with Gasteiger partial charge in [-0.15, -0.1) is 0 Å². The maximum absolute atomic E-state index is 12.1. The van der Waals surface area contributed by atoms with Crippen molar-refractivity contribution in [2.45, 2.75) is 90.4 Å². The first kappa shape index (κ1) is 20.0. The quantitative estimate of drug-likeness (QED) is 0.363. The number of hydrogen-bond donors (Lipinski definition) is 0. The van der Waals surface area contributed by atoms with Crippen molar-refractivity contribution in [2.24, 2.45) is 5.92 Å². The fraction of sp³-hybridized carbons (Fsp3) is 0.682. The van der Waals surface area contributed by atoms with Crippen molar-refractivity contribution in [1.29, 1.82) is 0 Å². The first-order chi connectivity index (χ1) is 12.2. The molecule has 1 saturated heterocycles. The van der Waals surface area contributed by atoms with Gasteiger partial charge in [0.15, 0.2) is 0 Å². The van der Waals surface area contributed by atoms with Gasteiger partial charge in [0.05, 0.1) is 12.5 Å². The summed E-state index contributed by atoms with van der Waals surface area (Å²) in [5.74, 6) is -0.840. The van der Waals surface area contributed by atoms with Gasteiger partial charge in [-0.3, -0.25) is 4.79 Å². The van der Waals surface area contributed by atoms with Crippen LogP contribution in [-0.2, 0) is 20.9 Å². The van der Waals surface area contributed by atoms with Crippen molar-refractivity contribution in [1.82, 2.24) is 0 Å². The molecule has 0 aliphatic carbocycles. The summed E-state index contributed by atoms with van der Waals surface area (Å²) in [5, 5.41) is 0. The van der Waals surface area contributed by atoms with Crippen molar-refractivity contribution < 1.29 is 14.3 Å². The van der Waals surface area contributed by atoms with E-state index in [0.717, 1.165) is 31.2 Å². The number of rotatable bonds is 11. The molecule has 2 atom stereocenters. The van der Waals surface area contributed by atoms with E-state index in [2.05, 4.69) is 19.1 Å². The Morgan fingerprint density at radius 2 is 1.76 bits per heavy atom. The van der Waals surface area contributed by atoms with E-state index in [4.69, 9.17) is 9.47 Å². The number of cyclic esters (lactones) is 1. The summed E-state index contributed by atoms with van der Waals surface area (Å²) in [6, 6.07) is 10.1. The van der Waals surface area contributed by atoms with Crippen molar-refractivity contribution in [3.8, 4) is 0 Å². The van der Waals surface area contributed by atoms with Gasteiger partial charge in [-0.1, -0.05) is 82.7 Å². The maximum Gasteiger partial charge on any atom is 0.311 e. The van der Waals surface area contributed by atoms with Gasteiger partial charge in [-0.2, -0.15) is 0 Å². The highest BCUT2D eigenvalue weighted by molar-refractivity contribution is 5.73. The molecule has 3 heteroatoms. The van der Waals surface area contributed by atoms with Crippen molar-refractivity contribution in [2.75, 3.05) is 0 Å². The van der Waals surface area contributed by atoms with Crippen LogP contribution in [0.4, 0.5) is 0 Å². The standard InChI is InChI=1S/C22H34O3/c1-3-4-5-6-7-8-12-16-22(17-15-19(2)21(23)25-22)24-18-20-13-10-9-11-14-20/h9-11,13-14,19H,3-8,12,15-18H2,1-2H3/t19-,22-/m0/s1. The molecule has 1 aliphatic heterocycles. The van der Waals surface area contributed by atoms with Crippen LogP contribution in [0, 0.1) is 5.92 Å². The maximum atomic E-state index is 12.1. The van der Waals surface area contributed by atoms with E-state index in [1.54, 1.807) is 0 Å². The van der Waals surface area contributed by atoms with Gasteiger partial charge in [0.2, 0.25) is 5.79 Å². The summed E-state index contributed by atoms with van der Waals surface area (Å²) in [6.45, 7) is 4.68. The van der Waals surface area contributed by atoms with Crippen LogP contribution in [0.1, 0.15) is 83.6 Å². The number of esters is 1. The molecule has 0 unspecified atom stereocenters. The predicted molar refractivity (Wildman–Crippen MR) is 101 cm³/mol. The second-order valence-electron chi connectivity index (χ2n) is 7.42. The van der Waals surface area contributed by atoms with Crippen LogP contribution in [0.3, 0.4) is 0 Å². The van der Waals surface area contributed by atoms with Crippen molar-refractivity contribution in [3.05, 3.63) is 35.9 Å². The lowest BCUT2D eigenvalue weighted by molar-refractivity contribution is -0.259. The van der Waals surface area contributed by atoms with Crippen LogP contribution in [0.25, 0.3) is 0 Å². The molecule has 1 fully saturated rings. The Kier molecular flexibility index (Phi) is 8.47. The summed E-state index contributed by atoms with van der Waals surface area (Å²) in [6.07, 6.45) is 11.2. The van der Waals surface area contributed by atoms with E-state index in [1.807, 2.05) is 25.1 Å². The second kappa shape index (κ2) is 10.6. The van der Waals surface area contributed by atoms with Crippen LogP contribution in [-0.4, -0.2) is 11.8 Å². The van der Waals surface area contributed by atoms with E-state index in [0.29, 0.717) is 6.61 Å². The van der Waals surface area contributed by atoms with Gasteiger partial charge < -0.3 is 9.47 Å². The molecule has 3 nitrogen and oxygen atoms in total. The van der Waals surface area contributed by atoms with Crippen molar-refractivity contribution >= 4 is 5.97 Å². The Bertz CT molecular complexity index is 499. The zero-order valence-corrected chi connectivity index (χ0v) is 16.0. The van der Waals surface area contributed by atoms with Gasteiger partial charge in [0.25, 0.3) is 0 Å². The summed E-state index contributed by atoms with van der Waals surface area (Å²) in [4.78, 5) is 12.1. The monoisotopic (exact) mass is 346 g/mol. The minimum absolute atomic E-state index is 0.0116. The summed E-state index contributed by atoms with van der Waals surface area (Å²) in [7, 11) is 0. The SMILES string of the molecule is CCCCCCCCC[C@@]1(OCc2ccccc2)CC[C@H](C)C(=O)O1. The molecule has 0 saturated carbocycles. The van der Waals surface area contributed by atoms with Crippen LogP contribution in [0.5, 0.6) is 0 Å². The minimum atomic E-state index is -0.719. The molecule has 0 radical (unpaired) electrons. The fourth-order valence-electron chi connectivity index (χ4n) is 3.38. The third-order valence-electron chi connectivity index (χ3n) is 5.15. The van der Waals surface area contributed by atoms with Gasteiger partial charge in [-0.25, -0.2) is 0 Å². The number of carbonyl (C=O) groups is 1. The van der Waals surface area contributed by atoms with Gasteiger partial charge >= 0.3 is 5.97 Å². The van der Waals surface area contributed by atoms with Crippen LogP contribution < -0.4 is 0 Å². The Hall–Kier alpha value is -1.35. The molecule has 25 heavy (non-hydrogen) atoms. The molecular formula is C22H34O3. The molecule has 140 valence electrons. The van der Waals surface area contributed by atoms with Gasteiger partial charge in [0, 0.05) is 12.8 Å². The fourth-order valence-corrected chi connectivity index (χ4v) is 3.38. The number of ether oxygens (including phenoxy) is 2. The van der Waals surface area contributed by atoms with Crippen LogP contribution >= 0.6 is 0 Å². The van der Waals surface area contributed by atoms with E-state index in [1.165, 1.54) is 38.5 Å². The normalized spacial score (nSPS) is 23.4. The Morgan fingerprint density at radius 1 is 1.08 bits per heavy atom. The van der Waals surface area contributed by atoms with Crippen LogP contribution in [0.2, 0.25) is 0 Å². The molecule has 1 aromatic rings. The number of hydrogen-bond acceptors (Lipinski definition) is 3. The zero-order valence-electron chi connectivity index (χ0n) is 16.0. The van der Waals surface area contributed by atoms with Crippen LogP contribution in [0.15, 0.2) is 30.3 Å². The lowest BCUT2D eigenvalue weighted by Crippen LogP contribution is -2.44. The predicted octanol–water partition coefficient (Wildman–Crippen LogP) is 6.01. The average Bonchev–Trinajstić information content (AvgIpc) is 2.63. The molecule has 0 bridgehead atoms. The number of carbonyl (C=O) groups excluding carboxylic acids is 1. The smallest absolute Gasteiger partial charge is 0.311 e. The molecule has 0 aromatic heterocycles. The Labute approximate surface area is 153 Å². The molecule has 1 heterocycles. The third-order valence-corrected chi connectivity index (χ3v) is 5.15. The highest BCUT2D eigenvalue weighted by Crippen LogP contribution is 2.35. The highest BCUT2D eigenvalue weighted by Gasteiger charge is 2.41. The minimum Gasteiger partial charge on any atom is -0.433 e. The highest BCUT2D eigenvalue weighted by atomic mass is 16.7. The number of benzene rings is 1. The Balaban J connectivity index is 1.83. The average molecular weight is 347 g/mol. The first-order valence-electron chi connectivity index (χ1n) is 10.1. The summed E-state index contributed by atoms with van der Waals surface area (Å²) >= 11 is 0. The Morgan fingerprint density at radius 3 is 2.44 bits per heavy atom. The van der Waals surface area contributed by atoms with E-state index >= 15 is 0 Å². The molecule has 1 aliphatic rings. The first-order valence-corrected chi connectivity index (χ1v) is 10.1. The third kappa shape index (κ3) is 6.81. The molecule has 0 N–H and O–H groups in total. The molecule has 0 amide bonds. The van der Waals surface area contributed by atoms with Crippen molar-refractivity contribution in [3.63, 3.8) is 0 Å². The van der Waals surface area contributed by atoms with Gasteiger partial charge in [0.1, 0.15) is 0 Å². The molecular weight excluding hydrogens is 312 g/mol. The molecule has 2 rings (SSSR count). The lowest BCUT2D eigenvalue weighted by Gasteiger charge is -2.38. The largest absolute Gasteiger partial charge is 0.433 e. The van der Waals surface area contributed by atoms with Gasteiger partial charge in [-0.05, 0) is 18.4 Å². The topological polar surface area (TPSA) is 35.5 Å². The summed E-state index contributed by atoms with van der Waals surface area (Å²) < 4.78 is 12.0. The zero-order chi connectivity index (χ0) is 18.0. The lowest BCUT2D eigenvalue weighted by atomic mass is 9.93. The van der Waals surface area contributed by atoms with E-state index in [-0.39, 0.29) is 11.9 Å². The molecule has 0 spiro atoms.